The molecule has 1 unspecified atom stereocenters. The number of aromatic nitrogens is 1. The zero-order valence-electron chi connectivity index (χ0n) is 14.5. The summed E-state index contributed by atoms with van der Waals surface area (Å²) < 4.78 is 13.1. The molecule has 1 amide bonds. The standard InChI is InChI=1S/C20H17FN2O3S/c1-12-17(27-19(22-12)14-7-9-15(21)10-8-14)18(24)23-16(20(25)26)11-13-5-3-2-4-6-13/h2-10,16H,11H2,1H3,(H,23,24)(H,25,26). The highest BCUT2D eigenvalue weighted by molar-refractivity contribution is 7.17. The van der Waals surface area contributed by atoms with E-state index in [-0.39, 0.29) is 12.2 Å². The molecule has 0 saturated heterocycles. The largest absolute Gasteiger partial charge is 0.480 e. The number of nitrogens with zero attached hydrogens (tertiary/aromatic N) is 1. The van der Waals surface area contributed by atoms with Gasteiger partial charge in [-0.1, -0.05) is 30.3 Å². The Bertz CT molecular complexity index is 955. The summed E-state index contributed by atoms with van der Waals surface area (Å²) in [5.74, 6) is -1.94. The van der Waals surface area contributed by atoms with Gasteiger partial charge in [0, 0.05) is 12.0 Å². The first-order valence-electron chi connectivity index (χ1n) is 8.25. The van der Waals surface area contributed by atoms with Gasteiger partial charge in [0.1, 0.15) is 21.7 Å². The molecule has 3 rings (SSSR count). The van der Waals surface area contributed by atoms with Crippen LogP contribution in [0, 0.1) is 12.7 Å². The predicted octanol–water partition coefficient (Wildman–Crippen LogP) is 3.68. The molecular formula is C20H17FN2O3S. The second kappa shape index (κ2) is 8.09. The number of carboxylic acids is 1. The van der Waals surface area contributed by atoms with E-state index in [0.717, 1.165) is 16.9 Å². The molecule has 0 saturated carbocycles. The van der Waals surface area contributed by atoms with Crippen molar-refractivity contribution in [1.82, 2.24) is 10.3 Å². The van der Waals surface area contributed by atoms with Crippen LogP contribution in [0.4, 0.5) is 4.39 Å². The van der Waals surface area contributed by atoms with E-state index >= 15 is 0 Å². The zero-order valence-corrected chi connectivity index (χ0v) is 15.3. The smallest absolute Gasteiger partial charge is 0.326 e. The van der Waals surface area contributed by atoms with Crippen molar-refractivity contribution < 1.29 is 19.1 Å². The minimum Gasteiger partial charge on any atom is -0.480 e. The maximum Gasteiger partial charge on any atom is 0.326 e. The van der Waals surface area contributed by atoms with E-state index in [1.807, 2.05) is 30.3 Å². The Hall–Kier alpha value is -3.06. The monoisotopic (exact) mass is 384 g/mol. The van der Waals surface area contributed by atoms with Crippen LogP contribution in [-0.4, -0.2) is 28.0 Å². The number of aryl methyl sites for hydroxylation is 1. The summed E-state index contributed by atoms with van der Waals surface area (Å²) in [7, 11) is 0. The van der Waals surface area contributed by atoms with Gasteiger partial charge in [-0.2, -0.15) is 0 Å². The lowest BCUT2D eigenvalue weighted by atomic mass is 10.1. The van der Waals surface area contributed by atoms with Gasteiger partial charge in [-0.3, -0.25) is 4.79 Å². The van der Waals surface area contributed by atoms with Gasteiger partial charge in [-0.25, -0.2) is 14.2 Å². The lowest BCUT2D eigenvalue weighted by Crippen LogP contribution is -2.42. The van der Waals surface area contributed by atoms with Crippen molar-refractivity contribution in [3.8, 4) is 10.6 Å². The minimum atomic E-state index is -1.10. The molecule has 27 heavy (non-hydrogen) atoms. The van der Waals surface area contributed by atoms with Gasteiger partial charge in [0.05, 0.1) is 5.69 Å². The minimum absolute atomic E-state index is 0.185. The number of carbonyl (C=O) groups is 2. The number of aliphatic carboxylic acids is 1. The first-order valence-corrected chi connectivity index (χ1v) is 9.06. The highest BCUT2D eigenvalue weighted by atomic mass is 32.1. The fraction of sp³-hybridized carbons (Fsp3) is 0.150. The average Bonchev–Trinajstić information content (AvgIpc) is 3.04. The summed E-state index contributed by atoms with van der Waals surface area (Å²) in [5.41, 5.74) is 2.02. The van der Waals surface area contributed by atoms with Crippen LogP contribution in [0.3, 0.4) is 0 Å². The number of halogens is 1. The van der Waals surface area contributed by atoms with E-state index in [1.54, 1.807) is 19.1 Å². The van der Waals surface area contributed by atoms with Crippen molar-refractivity contribution in [3.05, 3.63) is 76.5 Å². The molecule has 1 atom stereocenters. The van der Waals surface area contributed by atoms with Gasteiger partial charge < -0.3 is 10.4 Å². The number of rotatable bonds is 6. The maximum atomic E-state index is 13.1. The Morgan fingerprint density at radius 1 is 1.15 bits per heavy atom. The van der Waals surface area contributed by atoms with Crippen LogP contribution in [0.15, 0.2) is 54.6 Å². The highest BCUT2D eigenvalue weighted by Gasteiger charge is 2.24. The van der Waals surface area contributed by atoms with Crippen molar-refractivity contribution in [2.45, 2.75) is 19.4 Å². The number of hydrogen-bond donors (Lipinski definition) is 2. The molecule has 138 valence electrons. The Morgan fingerprint density at radius 3 is 2.44 bits per heavy atom. The quantitative estimate of drug-likeness (QED) is 0.679. The molecule has 0 aliphatic heterocycles. The van der Waals surface area contributed by atoms with Gasteiger partial charge >= 0.3 is 5.97 Å². The average molecular weight is 384 g/mol. The topological polar surface area (TPSA) is 79.3 Å². The normalized spacial score (nSPS) is 11.8. The molecule has 7 heteroatoms. The molecule has 0 radical (unpaired) electrons. The molecule has 2 aromatic carbocycles. The van der Waals surface area contributed by atoms with Crippen LogP contribution in [-0.2, 0) is 11.2 Å². The number of amides is 1. The number of thiazole rings is 1. The van der Waals surface area contributed by atoms with Crippen molar-refractivity contribution >= 4 is 23.2 Å². The van der Waals surface area contributed by atoms with Crippen LogP contribution >= 0.6 is 11.3 Å². The summed E-state index contributed by atoms with van der Waals surface area (Å²) in [5, 5.41) is 12.6. The first-order chi connectivity index (χ1) is 12.9. The molecule has 0 aliphatic rings. The number of carbonyl (C=O) groups excluding carboxylic acids is 1. The van der Waals surface area contributed by atoms with Crippen molar-refractivity contribution in [2.24, 2.45) is 0 Å². The van der Waals surface area contributed by atoms with Crippen LogP contribution < -0.4 is 5.32 Å². The summed E-state index contributed by atoms with van der Waals surface area (Å²) >= 11 is 1.15. The van der Waals surface area contributed by atoms with Crippen LogP contribution in [0.2, 0.25) is 0 Å². The lowest BCUT2D eigenvalue weighted by Gasteiger charge is -2.14. The molecule has 3 aromatic rings. The van der Waals surface area contributed by atoms with Gasteiger partial charge in [0.15, 0.2) is 0 Å². The van der Waals surface area contributed by atoms with E-state index in [4.69, 9.17) is 0 Å². The predicted molar refractivity (Wildman–Crippen MR) is 101 cm³/mol. The Morgan fingerprint density at radius 2 is 1.81 bits per heavy atom. The van der Waals surface area contributed by atoms with Gasteiger partial charge in [-0.15, -0.1) is 11.3 Å². The molecular weight excluding hydrogens is 367 g/mol. The zero-order chi connectivity index (χ0) is 19.4. The highest BCUT2D eigenvalue weighted by Crippen LogP contribution is 2.28. The number of nitrogens with one attached hydrogen (secondary N) is 1. The van der Waals surface area contributed by atoms with Crippen molar-refractivity contribution in [1.29, 1.82) is 0 Å². The van der Waals surface area contributed by atoms with Gasteiger partial charge in [-0.05, 0) is 36.8 Å². The van der Waals surface area contributed by atoms with Crippen LogP contribution in [0.1, 0.15) is 20.9 Å². The van der Waals surface area contributed by atoms with Crippen molar-refractivity contribution in [2.75, 3.05) is 0 Å². The molecule has 1 heterocycles. The molecule has 2 N–H and O–H groups in total. The number of hydrogen-bond acceptors (Lipinski definition) is 4. The Kier molecular flexibility index (Phi) is 5.61. The van der Waals surface area contributed by atoms with Gasteiger partial charge in [0.25, 0.3) is 5.91 Å². The fourth-order valence-corrected chi connectivity index (χ4v) is 3.57. The molecule has 0 spiro atoms. The SMILES string of the molecule is Cc1nc(-c2ccc(F)cc2)sc1C(=O)NC(Cc1ccccc1)C(=O)O. The van der Waals surface area contributed by atoms with Gasteiger partial charge in [0.2, 0.25) is 0 Å². The summed E-state index contributed by atoms with van der Waals surface area (Å²) in [4.78, 5) is 28.9. The van der Waals surface area contributed by atoms with E-state index < -0.39 is 17.9 Å². The number of benzene rings is 2. The molecule has 1 aromatic heterocycles. The van der Waals surface area contributed by atoms with Crippen LogP contribution in [0.25, 0.3) is 10.6 Å². The van der Waals surface area contributed by atoms with E-state index in [0.29, 0.717) is 21.1 Å². The second-order valence-electron chi connectivity index (χ2n) is 5.99. The molecule has 0 aliphatic carbocycles. The van der Waals surface area contributed by atoms with E-state index in [1.165, 1.54) is 12.1 Å². The first kappa shape index (κ1) is 18.7. The lowest BCUT2D eigenvalue weighted by molar-refractivity contribution is -0.139. The molecule has 0 fully saturated rings. The fourth-order valence-electron chi connectivity index (χ4n) is 2.60. The molecule has 5 nitrogen and oxygen atoms in total. The second-order valence-corrected chi connectivity index (χ2v) is 6.99. The van der Waals surface area contributed by atoms with Crippen molar-refractivity contribution in [3.63, 3.8) is 0 Å². The van der Waals surface area contributed by atoms with E-state index in [2.05, 4.69) is 10.3 Å². The molecule has 0 bridgehead atoms. The Labute approximate surface area is 159 Å². The summed E-state index contributed by atoms with van der Waals surface area (Å²) in [6.45, 7) is 1.69. The number of carboxylic acid groups (broad SMARTS) is 1. The maximum absolute atomic E-state index is 13.1. The Balaban J connectivity index is 1.78. The summed E-state index contributed by atoms with van der Waals surface area (Å²) in [6, 6.07) is 13.9. The third-order valence-corrected chi connectivity index (χ3v) is 5.19. The summed E-state index contributed by atoms with van der Waals surface area (Å²) in [6.07, 6.45) is 0.185. The van der Waals surface area contributed by atoms with Crippen LogP contribution in [0.5, 0.6) is 0 Å². The third kappa shape index (κ3) is 4.57. The third-order valence-electron chi connectivity index (χ3n) is 3.98. The van der Waals surface area contributed by atoms with E-state index in [9.17, 15) is 19.1 Å².